The average molecular weight is 621 g/mol. The Bertz CT molecular complexity index is 1360. The molecule has 2 aromatic rings. The second-order valence-electron chi connectivity index (χ2n) is 11.9. The van der Waals surface area contributed by atoms with Gasteiger partial charge in [-0.25, -0.2) is 8.42 Å². The summed E-state index contributed by atoms with van der Waals surface area (Å²) in [5, 5.41) is 13.9. The number of piperazine rings is 1. The molecule has 3 N–H and O–H groups in total. The van der Waals surface area contributed by atoms with Gasteiger partial charge in [0.05, 0.1) is 11.9 Å². The Balaban J connectivity index is 0.00000405. The Morgan fingerprint density at radius 1 is 0.952 bits per heavy atom. The molecular formula is C30H41ClN4O6S. The number of halogens is 1. The molecule has 3 fully saturated rings. The van der Waals surface area contributed by atoms with Gasteiger partial charge in [-0.2, -0.15) is 0 Å². The molecule has 10 nitrogen and oxygen atoms in total. The van der Waals surface area contributed by atoms with Gasteiger partial charge in [-0.15, -0.1) is 12.4 Å². The number of likely N-dealkylation sites (N-methyl/N-ethyl adjacent to an activating group) is 1. The van der Waals surface area contributed by atoms with Gasteiger partial charge in [0.2, 0.25) is 21.8 Å². The zero-order chi connectivity index (χ0) is 29.3. The maximum atomic E-state index is 13.4. The lowest BCUT2D eigenvalue weighted by Crippen LogP contribution is -2.72. The van der Waals surface area contributed by atoms with Crippen molar-refractivity contribution in [2.45, 2.75) is 75.1 Å². The van der Waals surface area contributed by atoms with E-state index in [0.717, 1.165) is 37.6 Å². The summed E-state index contributed by atoms with van der Waals surface area (Å²) >= 11 is 0. The molecule has 2 heterocycles. The Morgan fingerprint density at radius 3 is 2.10 bits per heavy atom. The highest BCUT2D eigenvalue weighted by Crippen LogP contribution is 2.37. The lowest BCUT2D eigenvalue weighted by Gasteiger charge is -2.51. The highest BCUT2D eigenvalue weighted by molar-refractivity contribution is 7.92. The number of ether oxygens (including phenoxy) is 1. The van der Waals surface area contributed by atoms with Crippen molar-refractivity contribution in [1.82, 2.24) is 15.1 Å². The smallest absolute Gasteiger partial charge is 0.246 e. The molecule has 230 valence electrons. The second-order valence-corrected chi connectivity index (χ2v) is 13.6. The van der Waals surface area contributed by atoms with Gasteiger partial charge in [-0.3, -0.25) is 19.2 Å². The van der Waals surface area contributed by atoms with Gasteiger partial charge in [-0.1, -0.05) is 31.4 Å². The first-order valence-corrected chi connectivity index (χ1v) is 16.2. The van der Waals surface area contributed by atoms with E-state index in [4.69, 9.17) is 4.74 Å². The topological polar surface area (TPSA) is 128 Å². The van der Waals surface area contributed by atoms with Crippen molar-refractivity contribution in [1.29, 1.82) is 0 Å². The van der Waals surface area contributed by atoms with Gasteiger partial charge in [0, 0.05) is 38.8 Å². The maximum Gasteiger partial charge on any atom is 0.246 e. The highest BCUT2D eigenvalue weighted by atomic mass is 35.5. The molecule has 0 aromatic heterocycles. The largest absolute Gasteiger partial charge is 0.457 e. The van der Waals surface area contributed by atoms with E-state index in [9.17, 15) is 23.1 Å². The van der Waals surface area contributed by atoms with E-state index in [1.807, 2.05) is 24.3 Å². The zero-order valence-electron chi connectivity index (χ0n) is 24.2. The standard InChI is InChI=1S/C30H40N4O6S.ClH/c1-33-27(35)26(20-29(37)14-4-3-5-15-29)31-28(36)30(33)16-18-34(19-17-30)21-22-6-10-24(11-7-22)40-25-12-8-23(9-13-25)32-41(2,38)39;/h6-13,26,32,37H,3-5,14-21H2,1-2H3,(H,31,36);1H/t26-;/m1./s1. The fourth-order valence-corrected chi connectivity index (χ4v) is 6.95. The van der Waals surface area contributed by atoms with Crippen LogP contribution in [0, 0.1) is 0 Å². The summed E-state index contributed by atoms with van der Waals surface area (Å²) in [7, 11) is -1.59. The first-order chi connectivity index (χ1) is 19.4. The Morgan fingerprint density at radius 2 is 1.52 bits per heavy atom. The summed E-state index contributed by atoms with van der Waals surface area (Å²) in [5.41, 5.74) is -0.135. The van der Waals surface area contributed by atoms with Crippen LogP contribution >= 0.6 is 12.4 Å². The minimum atomic E-state index is -3.33. The number of amides is 2. The average Bonchev–Trinajstić information content (AvgIpc) is 2.93. The number of nitrogens with zero attached hydrogens (tertiary/aromatic N) is 2. The predicted octanol–water partition coefficient (Wildman–Crippen LogP) is 3.65. The van der Waals surface area contributed by atoms with Crippen LogP contribution in [-0.4, -0.2) is 78.7 Å². The third-order valence-electron chi connectivity index (χ3n) is 8.77. The molecule has 1 aliphatic carbocycles. The molecule has 5 rings (SSSR count). The first-order valence-electron chi connectivity index (χ1n) is 14.3. The van der Waals surface area contributed by atoms with Crippen LogP contribution in [0.3, 0.4) is 0 Å². The minimum Gasteiger partial charge on any atom is -0.457 e. The van der Waals surface area contributed by atoms with Crippen LogP contribution in [0.1, 0.15) is 56.9 Å². The van der Waals surface area contributed by atoms with Crippen molar-refractivity contribution in [3.05, 3.63) is 54.1 Å². The monoisotopic (exact) mass is 620 g/mol. The molecule has 0 radical (unpaired) electrons. The third kappa shape index (κ3) is 7.37. The van der Waals surface area contributed by atoms with E-state index in [-0.39, 0.29) is 30.6 Å². The first kappa shape index (κ1) is 32.1. The lowest BCUT2D eigenvalue weighted by atomic mass is 9.77. The molecule has 12 heteroatoms. The van der Waals surface area contributed by atoms with E-state index in [1.54, 1.807) is 36.2 Å². The minimum absolute atomic E-state index is 0. The highest BCUT2D eigenvalue weighted by Gasteiger charge is 2.53. The van der Waals surface area contributed by atoms with Gasteiger partial charge < -0.3 is 20.1 Å². The normalized spacial score (nSPS) is 22.3. The van der Waals surface area contributed by atoms with Crippen molar-refractivity contribution in [2.24, 2.45) is 0 Å². The molecule has 2 amide bonds. The third-order valence-corrected chi connectivity index (χ3v) is 9.38. The van der Waals surface area contributed by atoms with E-state index < -0.39 is 27.2 Å². The number of piperidine rings is 1. The van der Waals surface area contributed by atoms with Gasteiger partial charge in [0.15, 0.2) is 0 Å². The number of aliphatic hydroxyl groups is 1. The SMILES string of the molecule is CN1C(=O)[C@@H](CC2(O)CCCCC2)NC(=O)C12CCN(Cc1ccc(Oc3ccc(NS(C)(=O)=O)cc3)cc1)CC2.Cl. The molecule has 0 unspecified atom stereocenters. The summed E-state index contributed by atoms with van der Waals surface area (Å²) in [6.45, 7) is 2.09. The summed E-state index contributed by atoms with van der Waals surface area (Å²) < 4.78 is 31.1. The van der Waals surface area contributed by atoms with Gasteiger partial charge in [0.1, 0.15) is 23.1 Å². The van der Waals surface area contributed by atoms with Crippen molar-refractivity contribution < 1.29 is 27.9 Å². The number of benzene rings is 2. The number of carbonyl (C=O) groups excluding carboxylic acids is 2. The number of hydrogen-bond acceptors (Lipinski definition) is 7. The van der Waals surface area contributed by atoms with Gasteiger partial charge in [-0.05, 0) is 67.6 Å². The number of nitrogens with one attached hydrogen (secondary N) is 2. The number of anilines is 1. The molecule has 42 heavy (non-hydrogen) atoms. The van der Waals surface area contributed by atoms with Crippen LogP contribution in [0.4, 0.5) is 5.69 Å². The molecule has 2 aromatic carbocycles. The molecule has 1 spiro atoms. The molecular weight excluding hydrogens is 580 g/mol. The summed E-state index contributed by atoms with van der Waals surface area (Å²) in [6, 6.07) is 13.8. The van der Waals surface area contributed by atoms with Crippen molar-refractivity contribution >= 4 is 39.9 Å². The molecule has 2 saturated heterocycles. The molecule has 1 saturated carbocycles. The number of likely N-dealkylation sites (tertiary alicyclic amines) is 1. The Hall–Kier alpha value is -2.86. The molecule has 3 aliphatic rings. The van der Waals surface area contributed by atoms with Crippen LogP contribution in [-0.2, 0) is 26.2 Å². The molecule has 0 bridgehead atoms. The Kier molecular flexibility index (Phi) is 9.76. The number of hydrogen-bond donors (Lipinski definition) is 3. The molecule has 2 aliphatic heterocycles. The maximum absolute atomic E-state index is 13.4. The van der Waals surface area contributed by atoms with Crippen LogP contribution in [0.2, 0.25) is 0 Å². The predicted molar refractivity (Wildman–Crippen MR) is 163 cm³/mol. The van der Waals surface area contributed by atoms with Crippen LogP contribution < -0.4 is 14.8 Å². The summed E-state index contributed by atoms with van der Waals surface area (Å²) in [6.07, 6.45) is 6.89. The van der Waals surface area contributed by atoms with E-state index >= 15 is 0 Å². The van der Waals surface area contributed by atoms with Crippen LogP contribution in [0.15, 0.2) is 48.5 Å². The fraction of sp³-hybridized carbons (Fsp3) is 0.533. The Labute approximate surface area is 254 Å². The van der Waals surface area contributed by atoms with E-state index in [0.29, 0.717) is 56.0 Å². The number of sulfonamides is 1. The van der Waals surface area contributed by atoms with E-state index in [2.05, 4.69) is 14.9 Å². The van der Waals surface area contributed by atoms with Crippen molar-refractivity contribution in [2.75, 3.05) is 31.1 Å². The van der Waals surface area contributed by atoms with Crippen molar-refractivity contribution in [3.63, 3.8) is 0 Å². The lowest BCUT2D eigenvalue weighted by molar-refractivity contribution is -0.161. The van der Waals surface area contributed by atoms with Gasteiger partial charge >= 0.3 is 0 Å². The van der Waals surface area contributed by atoms with Crippen LogP contribution in [0.25, 0.3) is 0 Å². The summed E-state index contributed by atoms with van der Waals surface area (Å²) in [4.78, 5) is 30.6. The van der Waals surface area contributed by atoms with Crippen molar-refractivity contribution in [3.8, 4) is 11.5 Å². The fourth-order valence-electron chi connectivity index (χ4n) is 6.39. The zero-order valence-corrected chi connectivity index (χ0v) is 25.8. The number of rotatable bonds is 8. The van der Waals surface area contributed by atoms with Crippen LogP contribution in [0.5, 0.6) is 11.5 Å². The second kappa shape index (κ2) is 12.8. The quantitative estimate of drug-likeness (QED) is 0.411. The van der Waals surface area contributed by atoms with Gasteiger partial charge in [0.25, 0.3) is 0 Å². The summed E-state index contributed by atoms with van der Waals surface area (Å²) in [5.74, 6) is 1.05. The number of carbonyl (C=O) groups is 2. The molecule has 1 atom stereocenters. The van der Waals surface area contributed by atoms with E-state index in [1.165, 1.54) is 0 Å².